The molecular weight excluding hydrogens is 829 g/mol. The summed E-state index contributed by atoms with van der Waals surface area (Å²) < 4.78 is 14.2. The van der Waals surface area contributed by atoms with Crippen LogP contribution in [-0.2, 0) is 57.8 Å². The molecule has 1 aromatic carbocycles. The number of nitrogens with one attached hydrogen (secondary N) is 2. The maximum absolute atomic E-state index is 14.5. The molecule has 16 heteroatoms. The number of ether oxygens (including phenoxy) is 2. The van der Waals surface area contributed by atoms with Gasteiger partial charge >= 0.3 is 5.97 Å². The fourth-order valence-electron chi connectivity index (χ4n) is 9.62. The first kappa shape index (κ1) is 48.8. The summed E-state index contributed by atoms with van der Waals surface area (Å²) in [5.74, 6) is -3.13. The fraction of sp³-hybridized carbons (Fsp3) is 0.571. The van der Waals surface area contributed by atoms with Gasteiger partial charge in [-0.15, -0.1) is 0 Å². The second kappa shape index (κ2) is 20.7. The maximum Gasteiger partial charge on any atom is 0.324 e. The molecule has 4 bridgehead atoms. The van der Waals surface area contributed by atoms with E-state index in [2.05, 4.69) is 60.9 Å². The van der Waals surface area contributed by atoms with Gasteiger partial charge in [0.1, 0.15) is 18.1 Å². The van der Waals surface area contributed by atoms with Crippen molar-refractivity contribution in [3.63, 3.8) is 0 Å². The molecule has 0 aliphatic carbocycles. The minimum atomic E-state index is -1.16. The topological polar surface area (TPSA) is 176 Å². The molecule has 352 valence electrons. The van der Waals surface area contributed by atoms with E-state index in [1.54, 1.807) is 37.2 Å². The maximum atomic E-state index is 14.5. The lowest BCUT2D eigenvalue weighted by Crippen LogP contribution is -2.62. The number of hydrazine groups is 1. The van der Waals surface area contributed by atoms with Crippen LogP contribution in [-0.4, -0.2) is 130 Å². The summed E-state index contributed by atoms with van der Waals surface area (Å²) in [7, 11) is 4.96. The van der Waals surface area contributed by atoms with Crippen molar-refractivity contribution in [1.29, 1.82) is 0 Å². The van der Waals surface area contributed by atoms with Crippen LogP contribution in [0.3, 0.4) is 0 Å². The van der Waals surface area contributed by atoms with Crippen LogP contribution < -0.4 is 10.7 Å². The van der Waals surface area contributed by atoms with E-state index in [1.807, 2.05) is 32.9 Å². The molecule has 3 aliphatic heterocycles. The summed E-state index contributed by atoms with van der Waals surface area (Å²) in [6.07, 6.45) is 4.55. The van der Waals surface area contributed by atoms with Crippen molar-refractivity contribution >= 4 is 46.4 Å². The van der Waals surface area contributed by atoms with E-state index in [0.29, 0.717) is 45.3 Å². The molecule has 5 atom stereocenters. The number of hydrogen-bond donors (Lipinski definition) is 2. The third kappa shape index (κ3) is 10.8. The molecule has 1 unspecified atom stereocenters. The minimum Gasteiger partial charge on any atom is -0.464 e. The third-order valence-corrected chi connectivity index (χ3v) is 13.2. The first-order chi connectivity index (χ1) is 30.9. The van der Waals surface area contributed by atoms with Crippen LogP contribution in [0.15, 0.2) is 49.2 Å². The van der Waals surface area contributed by atoms with Gasteiger partial charge in [0.15, 0.2) is 0 Å². The summed E-state index contributed by atoms with van der Waals surface area (Å²) in [5.41, 5.74) is 8.32. The van der Waals surface area contributed by atoms with E-state index in [1.165, 1.54) is 16.0 Å². The number of nitrogens with zero attached hydrogens (tertiary/aromatic N) is 6. The number of fused-ring (bicyclic) bond motifs is 3. The molecule has 16 nitrogen and oxygen atoms in total. The SMILES string of the molecule is C=CC(=O)N1CC[C@@H](C(=O)N(C)[C@H](C(=O)N[C@H]2CCC(=O)N(C)Cc3ccc4c(c3)c(c(-c3cccnc3C(C)OC)n4CC)CC(C)(C)COC(=O)[C@@H]3CCCN(N3)C2=O)C(C)C)C1. The van der Waals surface area contributed by atoms with Crippen molar-refractivity contribution in [2.75, 3.05) is 47.4 Å². The molecule has 2 fully saturated rings. The number of esters is 1. The number of pyridine rings is 1. The average molecular weight is 897 g/mol. The van der Waals surface area contributed by atoms with Crippen molar-refractivity contribution in [2.45, 2.75) is 117 Å². The van der Waals surface area contributed by atoms with Crippen molar-refractivity contribution in [3.05, 3.63) is 66.0 Å². The highest BCUT2D eigenvalue weighted by Crippen LogP contribution is 2.41. The minimum absolute atomic E-state index is 0.0296. The molecule has 5 heterocycles. The molecule has 3 aliphatic rings. The molecule has 2 N–H and O–H groups in total. The van der Waals surface area contributed by atoms with E-state index in [-0.39, 0.29) is 62.3 Å². The third-order valence-electron chi connectivity index (χ3n) is 13.2. The number of carbonyl (C=O) groups excluding carboxylic acids is 6. The lowest BCUT2D eigenvalue weighted by Gasteiger charge is -2.37. The zero-order valence-electron chi connectivity index (χ0n) is 39.6. The number of carbonyl (C=O) groups is 6. The number of cyclic esters (lactones) is 1. The number of aryl methyl sites for hydroxylation is 1. The molecule has 65 heavy (non-hydrogen) atoms. The number of aromatic nitrogens is 2. The predicted octanol–water partition coefficient (Wildman–Crippen LogP) is 4.79. The Labute approximate surface area is 383 Å². The molecule has 0 radical (unpaired) electrons. The largest absolute Gasteiger partial charge is 0.464 e. The highest BCUT2D eigenvalue weighted by atomic mass is 16.5. The highest BCUT2D eigenvalue weighted by Gasteiger charge is 2.40. The van der Waals surface area contributed by atoms with Crippen LogP contribution in [0.1, 0.15) is 96.6 Å². The van der Waals surface area contributed by atoms with E-state index in [9.17, 15) is 28.8 Å². The molecule has 3 aromatic rings. The predicted molar refractivity (Wildman–Crippen MR) is 247 cm³/mol. The first-order valence-electron chi connectivity index (χ1n) is 23.0. The van der Waals surface area contributed by atoms with Crippen LogP contribution in [0.2, 0.25) is 0 Å². The Morgan fingerprint density at radius 1 is 1.11 bits per heavy atom. The van der Waals surface area contributed by atoms with Crippen LogP contribution in [0.25, 0.3) is 22.2 Å². The van der Waals surface area contributed by atoms with E-state index in [4.69, 9.17) is 14.5 Å². The Balaban J connectivity index is 1.33. The van der Waals surface area contributed by atoms with Gasteiger partial charge < -0.3 is 34.1 Å². The fourth-order valence-corrected chi connectivity index (χ4v) is 9.62. The van der Waals surface area contributed by atoms with E-state index in [0.717, 1.165) is 39.0 Å². The molecule has 5 amide bonds. The number of hydrogen-bond acceptors (Lipinski definition) is 10. The number of methoxy groups -OCH3 is 1. The Morgan fingerprint density at radius 2 is 1.86 bits per heavy atom. The standard InChI is InChI=1S/C49H68N8O8/c1-11-40(58)55-24-21-33(28-55)46(61)54(9)43(30(3)4)45(60)51-37-18-20-41(59)53(8)27-32-17-19-39-35(25-32)36(44(56(39)12-2)34-15-13-22-50-42(34)31(5)64-10)26-49(6,7)29-65-48(63)38-16-14-23-57(52-38)47(37)62/h11,13,15,17,19,22,25,30-31,33,37-38,43,52H,1,12,14,16,18,20-21,23-24,26-29H2,2-10H3,(H,51,60)/t31?,33-,37+,38+,43+/m1/s1. The molecule has 2 saturated heterocycles. The lowest BCUT2D eigenvalue weighted by molar-refractivity contribution is -0.155. The van der Waals surface area contributed by atoms with Crippen molar-refractivity contribution in [1.82, 2.24) is 40.0 Å². The molecule has 0 spiro atoms. The Hall–Kier alpha value is -5.61. The highest BCUT2D eigenvalue weighted by molar-refractivity contribution is 5.95. The van der Waals surface area contributed by atoms with Gasteiger partial charge in [-0.3, -0.25) is 38.8 Å². The summed E-state index contributed by atoms with van der Waals surface area (Å²) in [6, 6.07) is 7.31. The number of rotatable bonds is 10. The lowest BCUT2D eigenvalue weighted by atomic mass is 9.84. The average Bonchev–Trinajstić information content (AvgIpc) is 3.91. The molecule has 6 rings (SSSR count). The van der Waals surface area contributed by atoms with Crippen LogP contribution in [0.5, 0.6) is 0 Å². The normalized spacial score (nSPS) is 22.0. The number of benzene rings is 1. The first-order valence-corrected chi connectivity index (χ1v) is 23.0. The molecular formula is C49H68N8O8. The quantitative estimate of drug-likeness (QED) is 0.213. The number of likely N-dealkylation sites (tertiary alicyclic amines) is 1. The van der Waals surface area contributed by atoms with Gasteiger partial charge in [0.05, 0.1) is 30.0 Å². The van der Waals surface area contributed by atoms with Crippen LogP contribution in [0, 0.1) is 17.3 Å². The summed E-state index contributed by atoms with van der Waals surface area (Å²) in [6.45, 7) is 17.4. The Kier molecular flexibility index (Phi) is 15.6. The van der Waals surface area contributed by atoms with Gasteiger partial charge in [0.25, 0.3) is 5.91 Å². The smallest absolute Gasteiger partial charge is 0.324 e. The summed E-state index contributed by atoms with van der Waals surface area (Å²) >= 11 is 0. The zero-order chi connectivity index (χ0) is 47.3. The van der Waals surface area contributed by atoms with Gasteiger partial charge in [-0.05, 0) is 93.3 Å². The van der Waals surface area contributed by atoms with E-state index < -0.39 is 47.2 Å². The number of amides is 5. The van der Waals surface area contributed by atoms with Gasteiger partial charge in [-0.25, -0.2) is 5.43 Å². The van der Waals surface area contributed by atoms with E-state index >= 15 is 0 Å². The Bertz CT molecular complexity index is 2290. The zero-order valence-corrected chi connectivity index (χ0v) is 39.6. The van der Waals surface area contributed by atoms with Crippen LogP contribution in [0.4, 0.5) is 0 Å². The monoisotopic (exact) mass is 897 g/mol. The van der Waals surface area contributed by atoms with Crippen LogP contribution >= 0.6 is 0 Å². The molecule has 2 aromatic heterocycles. The Morgan fingerprint density at radius 3 is 2.55 bits per heavy atom. The second-order valence-electron chi connectivity index (χ2n) is 19.0. The second-order valence-corrected chi connectivity index (χ2v) is 19.0. The number of likely N-dealkylation sites (N-methyl/N-ethyl adjacent to an activating group) is 1. The summed E-state index contributed by atoms with van der Waals surface area (Å²) in [4.78, 5) is 92.1. The van der Waals surface area contributed by atoms with Gasteiger partial charge in [0.2, 0.25) is 23.6 Å². The molecule has 0 saturated carbocycles. The van der Waals surface area contributed by atoms with Crippen molar-refractivity contribution in [2.24, 2.45) is 17.3 Å². The van der Waals surface area contributed by atoms with Crippen molar-refractivity contribution < 1.29 is 38.2 Å². The van der Waals surface area contributed by atoms with Gasteiger partial charge in [-0.2, -0.15) is 0 Å². The summed E-state index contributed by atoms with van der Waals surface area (Å²) in [5, 5.41) is 5.29. The van der Waals surface area contributed by atoms with Gasteiger partial charge in [-0.1, -0.05) is 40.3 Å². The van der Waals surface area contributed by atoms with Crippen molar-refractivity contribution in [3.8, 4) is 11.3 Å². The van der Waals surface area contributed by atoms with Gasteiger partial charge in [0, 0.05) is 88.4 Å².